The molecule has 0 saturated carbocycles. The molecule has 3 nitrogen and oxygen atoms in total. The maximum absolute atomic E-state index is 12.1. The summed E-state index contributed by atoms with van der Waals surface area (Å²) in [6, 6.07) is 6.67. The fourth-order valence-corrected chi connectivity index (χ4v) is 3.86. The van der Waals surface area contributed by atoms with Gasteiger partial charge in [-0.05, 0) is 43.0 Å². The highest BCUT2D eigenvalue weighted by Gasteiger charge is 2.16. The van der Waals surface area contributed by atoms with E-state index in [-0.39, 0.29) is 0 Å². The largest absolute Gasteiger partial charge is 0.240 e. The summed E-state index contributed by atoms with van der Waals surface area (Å²) in [4.78, 5) is 0.310. The summed E-state index contributed by atoms with van der Waals surface area (Å²) in [5, 5.41) is 0.900. The van der Waals surface area contributed by atoms with E-state index < -0.39 is 10.0 Å². The highest BCUT2D eigenvalue weighted by molar-refractivity contribution is 9.10. The number of benzene rings is 1. The summed E-state index contributed by atoms with van der Waals surface area (Å²) in [7, 11) is -3.39. The molecule has 1 atom stereocenters. The van der Waals surface area contributed by atoms with Gasteiger partial charge in [-0.15, -0.1) is 0 Å². The van der Waals surface area contributed by atoms with Gasteiger partial charge < -0.3 is 0 Å². The van der Waals surface area contributed by atoms with Gasteiger partial charge in [0.05, 0.1) is 4.90 Å². The lowest BCUT2D eigenvalue weighted by molar-refractivity contribution is 0.459. The van der Waals surface area contributed by atoms with Crippen molar-refractivity contribution in [1.82, 2.24) is 4.72 Å². The first-order valence-corrected chi connectivity index (χ1v) is 9.70. The van der Waals surface area contributed by atoms with Crippen molar-refractivity contribution in [2.75, 3.05) is 11.9 Å². The summed E-state index contributed by atoms with van der Waals surface area (Å²) in [5.41, 5.74) is 0. The second-order valence-electron chi connectivity index (χ2n) is 4.44. The van der Waals surface area contributed by atoms with Crippen molar-refractivity contribution >= 4 is 41.9 Å². The molecule has 6 heteroatoms. The summed E-state index contributed by atoms with van der Waals surface area (Å²) in [6.45, 7) is 2.61. The molecule has 108 valence electrons. The summed E-state index contributed by atoms with van der Waals surface area (Å²) >= 11 is 6.71. The molecule has 0 radical (unpaired) electrons. The molecular weight excluding hydrogens is 394 g/mol. The Bertz CT molecular complexity index is 468. The maximum Gasteiger partial charge on any atom is 0.240 e. The zero-order valence-corrected chi connectivity index (χ0v) is 14.9. The molecule has 1 unspecified atom stereocenters. The minimum Gasteiger partial charge on any atom is -0.211 e. The third-order valence-corrected chi connectivity index (χ3v) is 5.33. The lowest BCUT2D eigenvalue weighted by Crippen LogP contribution is -2.29. The zero-order chi connectivity index (χ0) is 14.3. The van der Waals surface area contributed by atoms with Crippen LogP contribution in [-0.4, -0.2) is 20.3 Å². The molecule has 0 spiro atoms. The monoisotopic (exact) mass is 411 g/mol. The van der Waals surface area contributed by atoms with Crippen LogP contribution in [0.4, 0.5) is 0 Å². The Labute approximate surface area is 132 Å². The van der Waals surface area contributed by atoms with E-state index in [1.54, 1.807) is 24.3 Å². The lowest BCUT2D eigenvalue weighted by Gasteiger charge is -2.15. The van der Waals surface area contributed by atoms with Gasteiger partial charge in [0, 0.05) is 16.3 Å². The van der Waals surface area contributed by atoms with Crippen LogP contribution in [0.15, 0.2) is 33.6 Å². The molecule has 19 heavy (non-hydrogen) atoms. The Morgan fingerprint density at radius 3 is 2.37 bits per heavy atom. The number of nitrogens with one attached hydrogen (secondary N) is 1. The first-order valence-electron chi connectivity index (χ1n) is 6.30. The van der Waals surface area contributed by atoms with Gasteiger partial charge in [-0.1, -0.05) is 45.2 Å². The van der Waals surface area contributed by atoms with E-state index in [0.29, 0.717) is 17.4 Å². The average molecular weight is 413 g/mol. The fraction of sp³-hybridized carbons (Fsp3) is 0.538. The Kier molecular flexibility index (Phi) is 7.57. The van der Waals surface area contributed by atoms with E-state index >= 15 is 0 Å². The standard InChI is InChI=1S/C13H19Br2NO2S/c1-2-3-11(8-9-14)10-16-19(17,18)13-6-4-12(15)5-7-13/h4-7,11,16H,2-3,8-10H2,1H3. The molecule has 0 aliphatic carbocycles. The van der Waals surface area contributed by atoms with Crippen LogP contribution >= 0.6 is 31.9 Å². The maximum atomic E-state index is 12.1. The number of sulfonamides is 1. The second kappa shape index (κ2) is 8.39. The number of hydrogen-bond acceptors (Lipinski definition) is 2. The Balaban J connectivity index is 2.66. The highest BCUT2D eigenvalue weighted by Crippen LogP contribution is 2.16. The Hall–Kier alpha value is 0.0900. The van der Waals surface area contributed by atoms with Gasteiger partial charge in [-0.25, -0.2) is 13.1 Å². The topological polar surface area (TPSA) is 46.2 Å². The molecule has 1 aromatic rings. The first kappa shape index (κ1) is 17.1. The molecule has 1 N–H and O–H groups in total. The predicted molar refractivity (Wildman–Crippen MR) is 86.1 cm³/mol. The van der Waals surface area contributed by atoms with Crippen molar-refractivity contribution < 1.29 is 8.42 Å². The third kappa shape index (κ3) is 5.94. The van der Waals surface area contributed by atoms with Gasteiger partial charge in [0.25, 0.3) is 0 Å². The molecule has 0 aromatic heterocycles. The van der Waals surface area contributed by atoms with E-state index in [2.05, 4.69) is 43.5 Å². The van der Waals surface area contributed by atoms with E-state index in [4.69, 9.17) is 0 Å². The molecule has 1 rings (SSSR count). The van der Waals surface area contributed by atoms with Crippen LogP contribution in [0.1, 0.15) is 26.2 Å². The Morgan fingerprint density at radius 1 is 1.21 bits per heavy atom. The van der Waals surface area contributed by atoms with E-state index in [9.17, 15) is 8.42 Å². The molecule has 0 aliphatic rings. The van der Waals surface area contributed by atoms with Crippen LogP contribution in [0.5, 0.6) is 0 Å². The Morgan fingerprint density at radius 2 is 1.84 bits per heavy atom. The molecule has 1 aromatic carbocycles. The number of halogens is 2. The van der Waals surface area contributed by atoms with Crippen molar-refractivity contribution in [2.24, 2.45) is 5.92 Å². The van der Waals surface area contributed by atoms with Crippen molar-refractivity contribution in [2.45, 2.75) is 31.1 Å². The van der Waals surface area contributed by atoms with Crippen LogP contribution in [-0.2, 0) is 10.0 Å². The first-order chi connectivity index (χ1) is 8.99. The van der Waals surface area contributed by atoms with E-state index in [0.717, 1.165) is 29.1 Å². The van der Waals surface area contributed by atoms with Gasteiger partial charge in [-0.3, -0.25) is 0 Å². The zero-order valence-electron chi connectivity index (χ0n) is 10.9. The van der Waals surface area contributed by atoms with Gasteiger partial charge in [0.15, 0.2) is 0 Å². The van der Waals surface area contributed by atoms with Crippen molar-refractivity contribution in [3.8, 4) is 0 Å². The van der Waals surface area contributed by atoms with Crippen LogP contribution in [0, 0.1) is 5.92 Å². The van der Waals surface area contributed by atoms with Crippen molar-refractivity contribution in [3.63, 3.8) is 0 Å². The third-order valence-electron chi connectivity index (χ3n) is 2.90. The number of alkyl halides is 1. The summed E-state index contributed by atoms with van der Waals surface area (Å²) in [6.07, 6.45) is 3.09. The quantitative estimate of drug-likeness (QED) is 0.657. The fourth-order valence-electron chi connectivity index (χ4n) is 1.84. The predicted octanol–water partition coefficient (Wildman–Crippen LogP) is 3.93. The average Bonchev–Trinajstić information content (AvgIpc) is 2.37. The smallest absolute Gasteiger partial charge is 0.211 e. The molecule has 0 amide bonds. The number of rotatable bonds is 8. The molecule has 0 fully saturated rings. The highest BCUT2D eigenvalue weighted by atomic mass is 79.9. The molecule has 0 aliphatic heterocycles. The van der Waals surface area contributed by atoms with Gasteiger partial charge in [0.1, 0.15) is 0 Å². The molecule has 0 heterocycles. The van der Waals surface area contributed by atoms with Gasteiger partial charge >= 0.3 is 0 Å². The lowest BCUT2D eigenvalue weighted by atomic mass is 10.0. The summed E-state index contributed by atoms with van der Waals surface area (Å²) < 4.78 is 27.8. The van der Waals surface area contributed by atoms with Crippen LogP contribution in [0.3, 0.4) is 0 Å². The van der Waals surface area contributed by atoms with Crippen LogP contribution in [0.25, 0.3) is 0 Å². The summed E-state index contributed by atoms with van der Waals surface area (Å²) in [5.74, 6) is 0.384. The normalized spacial score (nSPS) is 13.4. The minimum absolute atomic E-state index is 0.310. The van der Waals surface area contributed by atoms with Crippen molar-refractivity contribution in [1.29, 1.82) is 0 Å². The molecule has 0 bridgehead atoms. The van der Waals surface area contributed by atoms with E-state index in [1.807, 2.05) is 0 Å². The second-order valence-corrected chi connectivity index (χ2v) is 7.91. The SMILES string of the molecule is CCCC(CCBr)CNS(=O)(=O)c1ccc(Br)cc1. The van der Waals surface area contributed by atoms with Gasteiger partial charge in [0.2, 0.25) is 10.0 Å². The van der Waals surface area contributed by atoms with Crippen molar-refractivity contribution in [3.05, 3.63) is 28.7 Å². The van der Waals surface area contributed by atoms with Crippen LogP contribution in [0.2, 0.25) is 0 Å². The van der Waals surface area contributed by atoms with E-state index in [1.165, 1.54) is 0 Å². The minimum atomic E-state index is -3.39. The molecule has 0 saturated heterocycles. The number of hydrogen-bond donors (Lipinski definition) is 1. The van der Waals surface area contributed by atoms with Gasteiger partial charge in [-0.2, -0.15) is 0 Å². The molecular formula is C13H19Br2NO2S. The van der Waals surface area contributed by atoms with Crippen LogP contribution < -0.4 is 4.72 Å².